The van der Waals surface area contributed by atoms with Gasteiger partial charge in [-0.25, -0.2) is 8.78 Å². The van der Waals surface area contributed by atoms with Crippen molar-refractivity contribution in [1.82, 2.24) is 5.32 Å². The number of halogens is 2. The van der Waals surface area contributed by atoms with Crippen LogP contribution in [0.15, 0.2) is 12.1 Å². The zero-order valence-electron chi connectivity index (χ0n) is 10.9. The number of hydrogen-bond acceptors (Lipinski definition) is 3. The summed E-state index contributed by atoms with van der Waals surface area (Å²) in [5.74, 6) is -3.66. The predicted octanol–water partition coefficient (Wildman–Crippen LogP) is 1.95. The van der Waals surface area contributed by atoms with Crippen molar-refractivity contribution >= 4 is 5.91 Å². The standard InChI is InChI=1S/C14H17F2NO3/c15-9-5-10(16)13(12(19)6-9)14(20)17-7-8-3-1-2-4-11(8)18/h5-6,8,11,18-19H,1-4,7H2,(H,17,20). The van der Waals surface area contributed by atoms with Crippen LogP contribution < -0.4 is 5.32 Å². The molecule has 0 aromatic heterocycles. The molecule has 2 atom stereocenters. The summed E-state index contributed by atoms with van der Waals surface area (Å²) in [6.45, 7) is 0.205. The van der Waals surface area contributed by atoms with Gasteiger partial charge in [0.1, 0.15) is 22.9 Å². The maximum atomic E-state index is 13.5. The van der Waals surface area contributed by atoms with Crippen LogP contribution >= 0.6 is 0 Å². The number of aliphatic hydroxyl groups is 1. The van der Waals surface area contributed by atoms with Gasteiger partial charge in [0, 0.05) is 24.6 Å². The summed E-state index contributed by atoms with van der Waals surface area (Å²) in [6.07, 6.45) is 2.94. The predicted molar refractivity (Wildman–Crippen MR) is 68.3 cm³/mol. The smallest absolute Gasteiger partial charge is 0.258 e. The van der Waals surface area contributed by atoms with Gasteiger partial charge >= 0.3 is 0 Å². The lowest BCUT2D eigenvalue weighted by Gasteiger charge is -2.27. The molecule has 0 heterocycles. The molecule has 0 spiro atoms. The van der Waals surface area contributed by atoms with Crippen LogP contribution in [0.2, 0.25) is 0 Å². The number of rotatable bonds is 3. The number of hydrogen-bond donors (Lipinski definition) is 3. The molecule has 1 aliphatic rings. The monoisotopic (exact) mass is 285 g/mol. The van der Waals surface area contributed by atoms with Gasteiger partial charge in [-0.05, 0) is 12.8 Å². The number of amides is 1. The number of carbonyl (C=O) groups is 1. The average Bonchev–Trinajstić information content (AvgIpc) is 2.36. The Morgan fingerprint density at radius 1 is 1.30 bits per heavy atom. The van der Waals surface area contributed by atoms with E-state index < -0.39 is 35.0 Å². The lowest BCUT2D eigenvalue weighted by Crippen LogP contribution is -2.37. The second kappa shape index (κ2) is 6.17. The van der Waals surface area contributed by atoms with Gasteiger partial charge in [-0.3, -0.25) is 4.79 Å². The van der Waals surface area contributed by atoms with Crippen LogP contribution in [0.5, 0.6) is 5.75 Å². The minimum absolute atomic E-state index is 0.0710. The summed E-state index contributed by atoms with van der Waals surface area (Å²) in [4.78, 5) is 11.8. The highest BCUT2D eigenvalue weighted by atomic mass is 19.1. The Morgan fingerprint density at radius 3 is 2.65 bits per heavy atom. The Bertz CT molecular complexity index is 484. The van der Waals surface area contributed by atoms with Gasteiger partial charge in [0.25, 0.3) is 5.91 Å². The van der Waals surface area contributed by atoms with Gasteiger partial charge in [-0.1, -0.05) is 12.8 Å². The molecule has 0 bridgehead atoms. The van der Waals surface area contributed by atoms with E-state index in [1.165, 1.54) is 0 Å². The van der Waals surface area contributed by atoms with E-state index in [1.54, 1.807) is 0 Å². The summed E-state index contributed by atoms with van der Waals surface area (Å²) in [7, 11) is 0. The molecule has 1 aliphatic carbocycles. The first kappa shape index (κ1) is 14.7. The topological polar surface area (TPSA) is 69.6 Å². The van der Waals surface area contributed by atoms with E-state index in [0.717, 1.165) is 19.3 Å². The third-order valence-electron chi connectivity index (χ3n) is 3.66. The Kier molecular flexibility index (Phi) is 4.54. The molecule has 4 nitrogen and oxygen atoms in total. The van der Waals surface area contributed by atoms with E-state index in [4.69, 9.17) is 0 Å². The van der Waals surface area contributed by atoms with Crippen molar-refractivity contribution in [2.24, 2.45) is 5.92 Å². The summed E-state index contributed by atoms with van der Waals surface area (Å²) >= 11 is 0. The highest BCUT2D eigenvalue weighted by molar-refractivity contribution is 5.97. The van der Waals surface area contributed by atoms with E-state index in [2.05, 4.69) is 5.32 Å². The molecule has 2 unspecified atom stereocenters. The van der Waals surface area contributed by atoms with Crippen LogP contribution in [-0.2, 0) is 0 Å². The van der Waals surface area contributed by atoms with E-state index in [1.807, 2.05) is 0 Å². The molecule has 1 aromatic rings. The number of aromatic hydroxyl groups is 1. The van der Waals surface area contributed by atoms with Crippen molar-refractivity contribution in [2.75, 3.05) is 6.54 Å². The second-order valence-corrected chi connectivity index (χ2v) is 5.10. The SMILES string of the molecule is O=C(NCC1CCCCC1O)c1c(O)cc(F)cc1F. The fraction of sp³-hybridized carbons (Fsp3) is 0.500. The molecule has 1 aromatic carbocycles. The maximum Gasteiger partial charge on any atom is 0.258 e. The number of phenols is 1. The molecule has 6 heteroatoms. The molecule has 1 amide bonds. The van der Waals surface area contributed by atoms with Crippen LogP contribution in [0, 0.1) is 17.6 Å². The van der Waals surface area contributed by atoms with Crippen LogP contribution in [0.4, 0.5) is 8.78 Å². The first-order valence-electron chi connectivity index (χ1n) is 6.63. The minimum Gasteiger partial charge on any atom is -0.507 e. The second-order valence-electron chi connectivity index (χ2n) is 5.10. The van der Waals surface area contributed by atoms with Gasteiger partial charge in [0.2, 0.25) is 0 Å². The molecule has 0 radical (unpaired) electrons. The van der Waals surface area contributed by atoms with Gasteiger partial charge in [0.05, 0.1) is 6.10 Å². The Balaban J connectivity index is 2.02. The highest BCUT2D eigenvalue weighted by Crippen LogP contribution is 2.25. The normalized spacial score (nSPS) is 22.6. The lowest BCUT2D eigenvalue weighted by atomic mass is 9.86. The summed E-state index contributed by atoms with van der Waals surface area (Å²) in [5.41, 5.74) is -0.573. The summed E-state index contributed by atoms with van der Waals surface area (Å²) in [6, 6.07) is 1.23. The first-order chi connectivity index (χ1) is 9.49. The van der Waals surface area contributed by atoms with Crippen molar-refractivity contribution in [2.45, 2.75) is 31.8 Å². The first-order valence-corrected chi connectivity index (χ1v) is 6.63. The number of nitrogens with one attached hydrogen (secondary N) is 1. The molecule has 1 fully saturated rings. The number of benzene rings is 1. The van der Waals surface area contributed by atoms with Crippen LogP contribution in [-0.4, -0.2) is 28.8 Å². The number of aliphatic hydroxyl groups excluding tert-OH is 1. The largest absolute Gasteiger partial charge is 0.507 e. The number of phenolic OH excluding ortho intramolecular Hbond substituents is 1. The molecule has 2 rings (SSSR count). The van der Waals surface area contributed by atoms with Gasteiger partial charge in [-0.2, -0.15) is 0 Å². The summed E-state index contributed by atoms with van der Waals surface area (Å²) < 4.78 is 26.3. The fourth-order valence-electron chi connectivity index (χ4n) is 2.52. The van der Waals surface area contributed by atoms with E-state index in [-0.39, 0.29) is 12.5 Å². The molecule has 20 heavy (non-hydrogen) atoms. The van der Waals surface area contributed by atoms with E-state index in [9.17, 15) is 23.8 Å². The van der Waals surface area contributed by atoms with Gasteiger partial charge in [-0.15, -0.1) is 0 Å². The third kappa shape index (κ3) is 3.25. The van der Waals surface area contributed by atoms with Crippen molar-refractivity contribution in [1.29, 1.82) is 0 Å². The zero-order chi connectivity index (χ0) is 14.7. The van der Waals surface area contributed by atoms with Crippen LogP contribution in [0.3, 0.4) is 0 Å². The van der Waals surface area contributed by atoms with Crippen molar-refractivity contribution in [3.63, 3.8) is 0 Å². The van der Waals surface area contributed by atoms with Crippen molar-refractivity contribution in [3.8, 4) is 5.75 Å². The number of carbonyl (C=O) groups excluding carboxylic acids is 1. The van der Waals surface area contributed by atoms with Gasteiger partial charge in [0.15, 0.2) is 0 Å². The zero-order valence-corrected chi connectivity index (χ0v) is 10.9. The van der Waals surface area contributed by atoms with Crippen molar-refractivity contribution in [3.05, 3.63) is 29.3 Å². The molecule has 0 aliphatic heterocycles. The summed E-state index contributed by atoms with van der Waals surface area (Å²) in [5, 5.41) is 21.7. The van der Waals surface area contributed by atoms with Crippen LogP contribution in [0.25, 0.3) is 0 Å². The lowest BCUT2D eigenvalue weighted by molar-refractivity contribution is 0.0661. The third-order valence-corrected chi connectivity index (χ3v) is 3.66. The van der Waals surface area contributed by atoms with E-state index in [0.29, 0.717) is 18.6 Å². The molecular weight excluding hydrogens is 268 g/mol. The quantitative estimate of drug-likeness (QED) is 0.795. The molecular formula is C14H17F2NO3. The molecule has 0 saturated heterocycles. The van der Waals surface area contributed by atoms with Crippen molar-refractivity contribution < 1.29 is 23.8 Å². The Hall–Kier alpha value is -1.69. The average molecular weight is 285 g/mol. The van der Waals surface area contributed by atoms with Gasteiger partial charge < -0.3 is 15.5 Å². The molecule has 110 valence electrons. The van der Waals surface area contributed by atoms with E-state index >= 15 is 0 Å². The minimum atomic E-state index is -1.11. The highest BCUT2D eigenvalue weighted by Gasteiger charge is 2.25. The Labute approximate surface area is 115 Å². The molecule has 1 saturated carbocycles. The fourth-order valence-corrected chi connectivity index (χ4v) is 2.52. The molecule has 3 N–H and O–H groups in total. The Morgan fingerprint density at radius 2 is 2.00 bits per heavy atom. The van der Waals surface area contributed by atoms with Crippen LogP contribution in [0.1, 0.15) is 36.0 Å². The maximum absolute atomic E-state index is 13.5.